The number of thiophene rings is 1. The van der Waals surface area contributed by atoms with Crippen molar-refractivity contribution in [1.29, 1.82) is 0 Å². The van der Waals surface area contributed by atoms with Gasteiger partial charge in [-0.2, -0.15) is 0 Å². The number of fused-ring (bicyclic) bond motifs is 11. The summed E-state index contributed by atoms with van der Waals surface area (Å²) in [6.45, 7) is 0. The molecule has 12 rings (SSSR count). The number of furan rings is 2. The van der Waals surface area contributed by atoms with Gasteiger partial charge in [-0.3, -0.25) is 0 Å². The fourth-order valence-electron chi connectivity index (χ4n) is 8.22. The van der Waals surface area contributed by atoms with Crippen LogP contribution in [0.4, 0.5) is 0 Å². The van der Waals surface area contributed by atoms with Crippen LogP contribution in [-0.4, -0.2) is 0 Å². The SMILES string of the molecule is [2H]c1c([2H])c([2H])c2c(-c3ccc(-c4ccc5sc6ccccc6c5c4)c4oc5ccccc5c34)c3c([2H])c([2H])c([2H])c([2H])c3c(-c3ccc4c(c3)oc3ccccc34)c2c1[2H]. The van der Waals surface area contributed by atoms with Crippen LogP contribution in [0, 0.1) is 0 Å². The Balaban J connectivity index is 1.26. The summed E-state index contributed by atoms with van der Waals surface area (Å²) in [5.41, 5.74) is 5.58. The topological polar surface area (TPSA) is 26.3 Å². The molecule has 0 saturated heterocycles. The molecule has 3 heteroatoms. The van der Waals surface area contributed by atoms with Gasteiger partial charge in [0.25, 0.3) is 0 Å². The summed E-state index contributed by atoms with van der Waals surface area (Å²) < 4.78 is 89.5. The Morgan fingerprint density at radius 3 is 1.75 bits per heavy atom. The third-order valence-corrected chi connectivity index (χ3v) is 11.7. The average Bonchev–Trinajstić information content (AvgIpc) is 3.98. The van der Waals surface area contributed by atoms with Crippen molar-refractivity contribution in [1.82, 2.24) is 0 Å². The van der Waals surface area contributed by atoms with Gasteiger partial charge in [-0.05, 0) is 97.9 Å². The summed E-state index contributed by atoms with van der Waals surface area (Å²) in [7, 11) is 0. The smallest absolute Gasteiger partial charge is 0.143 e. The van der Waals surface area contributed by atoms with Gasteiger partial charge in [0, 0.05) is 47.3 Å². The second-order valence-electron chi connectivity index (χ2n) is 13.3. The minimum absolute atomic E-state index is 0.133. The summed E-state index contributed by atoms with van der Waals surface area (Å²) in [5, 5.41) is 5.95. The predicted octanol–water partition coefficient (Wildman–Crippen LogP) is 15.2. The van der Waals surface area contributed by atoms with Crippen LogP contribution in [0.15, 0.2) is 179 Å². The van der Waals surface area contributed by atoms with Crippen LogP contribution in [0.5, 0.6) is 0 Å². The quantitative estimate of drug-likeness (QED) is 0.172. The van der Waals surface area contributed by atoms with Crippen molar-refractivity contribution >= 4 is 96.9 Å². The highest BCUT2D eigenvalue weighted by molar-refractivity contribution is 7.25. The van der Waals surface area contributed by atoms with Crippen LogP contribution in [0.25, 0.3) is 119 Å². The number of para-hydroxylation sites is 2. The van der Waals surface area contributed by atoms with E-state index in [1.807, 2.05) is 84.9 Å². The monoisotopic (exact) mass is 700 g/mol. The molecule has 0 aliphatic heterocycles. The first-order valence-electron chi connectivity index (χ1n) is 21.3. The van der Waals surface area contributed by atoms with Crippen LogP contribution >= 0.6 is 11.3 Å². The van der Waals surface area contributed by atoms with Gasteiger partial charge in [0.2, 0.25) is 0 Å². The first kappa shape index (κ1) is 22.3. The third-order valence-electron chi connectivity index (χ3n) is 10.5. The van der Waals surface area contributed by atoms with Crippen molar-refractivity contribution in [3.63, 3.8) is 0 Å². The Hall–Kier alpha value is -6.68. The van der Waals surface area contributed by atoms with Gasteiger partial charge in [-0.1, -0.05) is 121 Å². The summed E-state index contributed by atoms with van der Waals surface area (Å²) in [5.74, 6) is 0. The van der Waals surface area contributed by atoms with Crippen LogP contribution in [-0.2, 0) is 0 Å². The molecule has 3 heterocycles. The third kappa shape index (κ3) is 4.14. The number of hydrogen-bond donors (Lipinski definition) is 0. The molecule has 0 N–H and O–H groups in total. The first-order chi connectivity index (χ1) is 29.6. The highest BCUT2D eigenvalue weighted by Crippen LogP contribution is 2.49. The maximum atomic E-state index is 9.59. The van der Waals surface area contributed by atoms with E-state index in [0.717, 1.165) is 42.8 Å². The standard InChI is InChI=1S/C50H28O2S/c1-3-15-37-35(13-1)47(30-21-23-33-32-11-5-8-18-42(32)51-44(33)28-30)36-14-2-4-16-38(36)48(37)40-25-24-31(50-49(40)39-17-6-9-19-43(39)52-50)29-22-26-46-41(27-29)34-12-7-10-20-45(34)53-46/h1-28H/i1D,2D,3D,4D,13D,14D,15D,16D. The molecular formula is C50H28O2S. The number of benzene rings is 9. The van der Waals surface area contributed by atoms with Crippen molar-refractivity contribution in [3.8, 4) is 33.4 Å². The van der Waals surface area contributed by atoms with Crippen molar-refractivity contribution in [2.45, 2.75) is 0 Å². The molecule has 0 saturated carbocycles. The van der Waals surface area contributed by atoms with E-state index in [2.05, 4.69) is 30.3 Å². The lowest BCUT2D eigenvalue weighted by molar-refractivity contribution is 0.669. The van der Waals surface area contributed by atoms with Crippen molar-refractivity contribution in [2.75, 3.05) is 0 Å². The van der Waals surface area contributed by atoms with Crippen molar-refractivity contribution < 1.29 is 19.8 Å². The lowest BCUT2D eigenvalue weighted by Crippen LogP contribution is -1.92. The van der Waals surface area contributed by atoms with E-state index in [4.69, 9.17) is 14.3 Å². The van der Waals surface area contributed by atoms with Gasteiger partial charge in [0.15, 0.2) is 0 Å². The van der Waals surface area contributed by atoms with Gasteiger partial charge in [0.1, 0.15) is 22.3 Å². The summed E-state index contributed by atoms with van der Waals surface area (Å²) in [4.78, 5) is 0. The van der Waals surface area contributed by atoms with E-state index < -0.39 is 24.2 Å². The lowest BCUT2D eigenvalue weighted by atomic mass is 9.84. The van der Waals surface area contributed by atoms with E-state index in [9.17, 15) is 5.48 Å². The zero-order valence-corrected chi connectivity index (χ0v) is 28.6. The lowest BCUT2D eigenvalue weighted by Gasteiger charge is -2.18. The van der Waals surface area contributed by atoms with E-state index in [1.54, 1.807) is 17.4 Å². The van der Waals surface area contributed by atoms with Gasteiger partial charge in [-0.25, -0.2) is 0 Å². The van der Waals surface area contributed by atoms with Crippen LogP contribution in [0.1, 0.15) is 11.0 Å². The zero-order valence-electron chi connectivity index (χ0n) is 35.8. The molecule has 12 aromatic rings. The van der Waals surface area contributed by atoms with Crippen LogP contribution < -0.4 is 0 Å². The molecule has 0 amide bonds. The molecule has 0 bridgehead atoms. The molecule has 2 nitrogen and oxygen atoms in total. The van der Waals surface area contributed by atoms with Crippen LogP contribution in [0.3, 0.4) is 0 Å². The average molecular weight is 701 g/mol. The maximum absolute atomic E-state index is 9.59. The van der Waals surface area contributed by atoms with E-state index in [1.165, 1.54) is 4.70 Å². The number of hydrogen-bond acceptors (Lipinski definition) is 3. The van der Waals surface area contributed by atoms with Gasteiger partial charge < -0.3 is 8.83 Å². The highest BCUT2D eigenvalue weighted by Gasteiger charge is 2.23. The minimum atomic E-state index is -0.459. The summed E-state index contributed by atoms with van der Waals surface area (Å²) in [6.07, 6.45) is 0. The van der Waals surface area contributed by atoms with E-state index in [0.29, 0.717) is 38.8 Å². The van der Waals surface area contributed by atoms with Gasteiger partial charge >= 0.3 is 0 Å². The minimum Gasteiger partial charge on any atom is -0.456 e. The molecule has 3 aromatic heterocycles. The zero-order chi connectivity index (χ0) is 41.6. The Morgan fingerprint density at radius 2 is 0.981 bits per heavy atom. The summed E-state index contributed by atoms with van der Waals surface area (Å²) in [6, 6.07) is 36.1. The normalized spacial score (nSPS) is 14.3. The molecule has 53 heavy (non-hydrogen) atoms. The Kier molecular flexibility index (Phi) is 4.59. The molecule has 0 radical (unpaired) electrons. The van der Waals surface area contributed by atoms with Gasteiger partial charge in [-0.15, -0.1) is 11.3 Å². The van der Waals surface area contributed by atoms with E-state index >= 15 is 0 Å². The highest BCUT2D eigenvalue weighted by atomic mass is 32.1. The van der Waals surface area contributed by atoms with Crippen molar-refractivity contribution in [3.05, 3.63) is 170 Å². The van der Waals surface area contributed by atoms with Crippen LogP contribution in [0.2, 0.25) is 0 Å². The summed E-state index contributed by atoms with van der Waals surface area (Å²) >= 11 is 1.73. The molecule has 0 spiro atoms. The fraction of sp³-hybridized carbons (Fsp3) is 0. The Labute approximate surface area is 319 Å². The first-order valence-corrected chi connectivity index (χ1v) is 18.2. The molecule has 0 aliphatic rings. The number of rotatable bonds is 3. The maximum Gasteiger partial charge on any atom is 0.143 e. The molecule has 0 unspecified atom stereocenters. The van der Waals surface area contributed by atoms with Crippen molar-refractivity contribution in [2.24, 2.45) is 0 Å². The fourth-order valence-corrected chi connectivity index (χ4v) is 9.31. The molecule has 0 fully saturated rings. The molecule has 9 aromatic carbocycles. The second kappa shape index (κ2) is 10.9. The Morgan fingerprint density at radius 1 is 0.396 bits per heavy atom. The molecule has 0 aliphatic carbocycles. The Bertz CT molecular complexity index is 3850. The second-order valence-corrected chi connectivity index (χ2v) is 14.4. The van der Waals surface area contributed by atoms with E-state index in [-0.39, 0.29) is 56.8 Å². The molecular weight excluding hydrogens is 665 g/mol. The predicted molar refractivity (Wildman–Crippen MR) is 225 cm³/mol. The molecule has 0 atom stereocenters. The molecule has 246 valence electrons. The van der Waals surface area contributed by atoms with Gasteiger partial charge in [0.05, 0.1) is 11.0 Å². The largest absolute Gasteiger partial charge is 0.456 e.